The van der Waals surface area contributed by atoms with E-state index in [0.29, 0.717) is 22.8 Å². The van der Waals surface area contributed by atoms with Gasteiger partial charge >= 0.3 is 12.1 Å². The SMILES string of the molecule is COc1c(C)c2c(c3c1[C@@H]1CN(C(=O)OC(C)(C)C)[C@H]3COC(=O)C(=O)CS1)OCO2. The smallest absolute Gasteiger partial charge is 0.410 e. The molecular weight excluding hydrogens is 426 g/mol. The number of hydrogen-bond donors (Lipinski definition) is 0. The van der Waals surface area contributed by atoms with Gasteiger partial charge in [-0.1, -0.05) is 0 Å². The van der Waals surface area contributed by atoms with Gasteiger partial charge in [-0.25, -0.2) is 9.59 Å². The second-order valence-electron chi connectivity index (χ2n) is 8.52. The lowest BCUT2D eigenvalue weighted by atomic mass is 9.88. The summed E-state index contributed by atoms with van der Waals surface area (Å²) in [5.41, 5.74) is 1.56. The fourth-order valence-electron chi connectivity index (χ4n) is 4.08. The average molecular weight is 451 g/mol. The molecule has 0 radical (unpaired) electrons. The molecule has 3 heterocycles. The fourth-order valence-corrected chi connectivity index (χ4v) is 5.21. The Morgan fingerprint density at radius 3 is 2.52 bits per heavy atom. The molecule has 31 heavy (non-hydrogen) atoms. The predicted molar refractivity (Wildman–Crippen MR) is 111 cm³/mol. The Morgan fingerprint density at radius 1 is 1.13 bits per heavy atom. The standard InChI is InChI=1S/C21H25NO8S/c1-10-16(26-5)15-13-6-22(20(25)30-21(2,3)4)11(7-27-19(24)12(23)8-31-13)14(15)18-17(10)28-9-29-18/h11,13H,6-9H2,1-5H3/t11-,13-/m0/s1. The molecule has 0 N–H and O–H groups in total. The van der Waals surface area contributed by atoms with E-state index in [9.17, 15) is 14.4 Å². The monoisotopic (exact) mass is 451 g/mol. The number of fused-ring (bicyclic) bond motifs is 8. The molecule has 1 aromatic carbocycles. The minimum atomic E-state index is -0.918. The maximum Gasteiger partial charge on any atom is 0.410 e. The van der Waals surface area contributed by atoms with Crippen molar-refractivity contribution in [1.82, 2.24) is 4.90 Å². The lowest BCUT2D eigenvalue weighted by Gasteiger charge is -2.42. The van der Waals surface area contributed by atoms with Gasteiger partial charge in [0.2, 0.25) is 12.6 Å². The van der Waals surface area contributed by atoms with Crippen LogP contribution in [0, 0.1) is 6.92 Å². The summed E-state index contributed by atoms with van der Waals surface area (Å²) in [6.45, 7) is 7.31. The van der Waals surface area contributed by atoms with E-state index in [4.69, 9.17) is 23.7 Å². The maximum atomic E-state index is 13.1. The van der Waals surface area contributed by atoms with Crippen molar-refractivity contribution in [1.29, 1.82) is 0 Å². The average Bonchev–Trinajstić information content (AvgIpc) is 3.19. The minimum Gasteiger partial charge on any atom is -0.496 e. The van der Waals surface area contributed by atoms with Gasteiger partial charge in [0.25, 0.3) is 0 Å². The van der Waals surface area contributed by atoms with Gasteiger partial charge in [-0.2, -0.15) is 0 Å². The van der Waals surface area contributed by atoms with Crippen LogP contribution in [-0.2, 0) is 19.1 Å². The zero-order chi connectivity index (χ0) is 22.5. The van der Waals surface area contributed by atoms with Crippen molar-refractivity contribution >= 4 is 29.6 Å². The molecule has 10 heteroatoms. The van der Waals surface area contributed by atoms with Crippen LogP contribution in [0.4, 0.5) is 4.79 Å². The van der Waals surface area contributed by atoms with Crippen LogP contribution in [0.3, 0.4) is 0 Å². The minimum absolute atomic E-state index is 0.0328. The highest BCUT2D eigenvalue weighted by Crippen LogP contribution is 2.56. The molecule has 3 aliphatic heterocycles. The third-order valence-corrected chi connectivity index (χ3v) is 6.53. The van der Waals surface area contributed by atoms with Gasteiger partial charge < -0.3 is 23.7 Å². The Hall–Kier alpha value is -2.62. The molecule has 2 atom stereocenters. The van der Waals surface area contributed by atoms with E-state index in [1.165, 1.54) is 16.7 Å². The number of hydrogen-bond acceptors (Lipinski definition) is 9. The van der Waals surface area contributed by atoms with Crippen LogP contribution in [-0.4, -0.2) is 61.2 Å². The van der Waals surface area contributed by atoms with Gasteiger partial charge in [0.1, 0.15) is 18.0 Å². The third-order valence-electron chi connectivity index (χ3n) is 5.32. The number of cyclic esters (lactones) is 1. The van der Waals surface area contributed by atoms with Crippen LogP contribution in [0.1, 0.15) is 48.8 Å². The van der Waals surface area contributed by atoms with E-state index in [0.717, 1.165) is 11.1 Å². The van der Waals surface area contributed by atoms with Gasteiger partial charge in [-0.15, -0.1) is 11.8 Å². The quantitative estimate of drug-likeness (QED) is 0.471. The molecule has 0 unspecified atom stereocenters. The van der Waals surface area contributed by atoms with Gasteiger partial charge in [-0.3, -0.25) is 9.69 Å². The molecule has 1 saturated heterocycles. The van der Waals surface area contributed by atoms with Crippen LogP contribution in [0.25, 0.3) is 0 Å². The number of carbonyl (C=O) groups excluding carboxylic acids is 3. The molecule has 1 fully saturated rings. The summed E-state index contributed by atoms with van der Waals surface area (Å²) < 4.78 is 28.2. The summed E-state index contributed by atoms with van der Waals surface area (Å²) in [7, 11) is 1.57. The summed E-state index contributed by atoms with van der Waals surface area (Å²) >= 11 is 1.26. The summed E-state index contributed by atoms with van der Waals surface area (Å²) in [4.78, 5) is 39.0. The van der Waals surface area contributed by atoms with Crippen LogP contribution < -0.4 is 14.2 Å². The molecule has 1 amide bonds. The Kier molecular flexibility index (Phi) is 5.45. The normalized spacial score (nSPS) is 22.7. The number of ether oxygens (including phenoxy) is 5. The van der Waals surface area contributed by atoms with E-state index in [-0.39, 0.29) is 30.9 Å². The highest BCUT2D eigenvalue weighted by molar-refractivity contribution is 8.00. The largest absolute Gasteiger partial charge is 0.496 e. The first-order valence-corrected chi connectivity index (χ1v) is 11.0. The highest BCUT2D eigenvalue weighted by atomic mass is 32.2. The number of thioether (sulfide) groups is 1. The van der Waals surface area contributed by atoms with Crippen molar-refractivity contribution in [3.05, 3.63) is 16.7 Å². The predicted octanol–water partition coefficient (Wildman–Crippen LogP) is 2.92. The number of rotatable bonds is 1. The van der Waals surface area contributed by atoms with Crippen molar-refractivity contribution in [3.8, 4) is 17.2 Å². The van der Waals surface area contributed by atoms with Gasteiger partial charge in [0.05, 0.1) is 24.2 Å². The van der Waals surface area contributed by atoms with Gasteiger partial charge in [0, 0.05) is 23.2 Å². The van der Waals surface area contributed by atoms with Gasteiger partial charge in [-0.05, 0) is 27.7 Å². The Bertz CT molecular complexity index is 954. The van der Waals surface area contributed by atoms with Gasteiger partial charge in [0.15, 0.2) is 11.5 Å². The molecule has 0 saturated carbocycles. The molecule has 3 aliphatic rings. The van der Waals surface area contributed by atoms with Crippen LogP contribution in [0.2, 0.25) is 0 Å². The number of esters is 1. The molecule has 2 bridgehead atoms. The van der Waals surface area contributed by atoms with E-state index < -0.39 is 29.5 Å². The zero-order valence-electron chi connectivity index (χ0n) is 18.1. The summed E-state index contributed by atoms with van der Waals surface area (Å²) in [6, 6.07) is -0.721. The van der Waals surface area contributed by atoms with Crippen molar-refractivity contribution in [2.24, 2.45) is 0 Å². The van der Waals surface area contributed by atoms with E-state index in [2.05, 4.69) is 0 Å². The van der Waals surface area contributed by atoms with E-state index >= 15 is 0 Å². The number of benzene rings is 1. The van der Waals surface area contributed by atoms with E-state index in [1.807, 2.05) is 6.92 Å². The maximum absolute atomic E-state index is 13.1. The Balaban J connectivity index is 1.91. The molecule has 168 valence electrons. The Morgan fingerprint density at radius 2 is 1.84 bits per heavy atom. The third kappa shape index (κ3) is 3.77. The second-order valence-corrected chi connectivity index (χ2v) is 9.71. The lowest BCUT2D eigenvalue weighted by Crippen LogP contribution is -2.47. The molecule has 0 aliphatic carbocycles. The Labute approximate surface area is 184 Å². The first-order chi connectivity index (χ1) is 14.6. The molecule has 0 spiro atoms. The number of ketones is 1. The molecule has 1 aromatic rings. The number of methoxy groups -OCH3 is 1. The van der Waals surface area contributed by atoms with Crippen molar-refractivity contribution in [2.75, 3.05) is 32.8 Å². The lowest BCUT2D eigenvalue weighted by molar-refractivity contribution is -0.154. The summed E-state index contributed by atoms with van der Waals surface area (Å²) in [5, 5.41) is -0.336. The number of nitrogens with zero attached hydrogens (tertiary/aromatic N) is 1. The molecular formula is C21H25NO8S. The number of Topliss-reactive ketones (excluding diaryl/α,β-unsaturated/α-hetero) is 1. The molecule has 4 rings (SSSR count). The second kappa shape index (κ2) is 7.81. The molecule has 9 nitrogen and oxygen atoms in total. The number of amides is 1. The van der Waals surface area contributed by atoms with Crippen LogP contribution in [0.5, 0.6) is 17.2 Å². The van der Waals surface area contributed by atoms with Crippen LogP contribution >= 0.6 is 11.8 Å². The molecule has 0 aromatic heterocycles. The first kappa shape index (κ1) is 21.6. The topological polar surface area (TPSA) is 101 Å². The first-order valence-electron chi connectivity index (χ1n) is 9.93. The zero-order valence-corrected chi connectivity index (χ0v) is 18.9. The highest BCUT2D eigenvalue weighted by Gasteiger charge is 2.46. The fraction of sp³-hybridized carbons (Fsp3) is 0.571. The van der Waals surface area contributed by atoms with Crippen molar-refractivity contribution in [3.63, 3.8) is 0 Å². The van der Waals surface area contributed by atoms with Crippen LogP contribution in [0.15, 0.2) is 0 Å². The number of carbonyl (C=O) groups is 3. The van der Waals surface area contributed by atoms with E-state index in [1.54, 1.807) is 27.9 Å². The van der Waals surface area contributed by atoms with Crippen molar-refractivity contribution in [2.45, 2.75) is 44.6 Å². The summed E-state index contributed by atoms with van der Waals surface area (Å²) in [6.07, 6.45) is -0.538. The van der Waals surface area contributed by atoms with Crippen molar-refractivity contribution < 1.29 is 38.1 Å². The summed E-state index contributed by atoms with van der Waals surface area (Å²) in [5.74, 6) is 0.0461.